The van der Waals surface area contributed by atoms with E-state index < -0.39 is 0 Å². The number of hydrogen-bond acceptors (Lipinski definition) is 3. The SMILES string of the molecule is Brc1cccc(OCc2cccc3c2oc2ccccc23)n1. The zero-order valence-electron chi connectivity index (χ0n) is 11.6. The molecule has 0 saturated heterocycles. The van der Waals surface area contributed by atoms with Gasteiger partial charge in [-0.15, -0.1) is 0 Å². The summed E-state index contributed by atoms with van der Waals surface area (Å²) in [5.41, 5.74) is 2.78. The van der Waals surface area contributed by atoms with Gasteiger partial charge in [0.05, 0.1) is 0 Å². The van der Waals surface area contributed by atoms with E-state index in [2.05, 4.69) is 33.0 Å². The Morgan fingerprint density at radius 3 is 2.64 bits per heavy atom. The molecule has 0 N–H and O–H groups in total. The summed E-state index contributed by atoms with van der Waals surface area (Å²) in [6, 6.07) is 19.8. The molecule has 108 valence electrons. The number of ether oxygens (including phenoxy) is 1. The van der Waals surface area contributed by atoms with Crippen molar-refractivity contribution >= 4 is 37.9 Å². The lowest BCUT2D eigenvalue weighted by Gasteiger charge is -2.06. The number of nitrogens with zero attached hydrogens (tertiary/aromatic N) is 1. The van der Waals surface area contributed by atoms with E-state index in [4.69, 9.17) is 9.15 Å². The lowest BCUT2D eigenvalue weighted by Crippen LogP contribution is -1.97. The molecule has 0 radical (unpaired) electrons. The van der Waals surface area contributed by atoms with E-state index in [0.29, 0.717) is 12.5 Å². The highest BCUT2D eigenvalue weighted by Crippen LogP contribution is 2.31. The van der Waals surface area contributed by atoms with Crippen LogP contribution in [0.25, 0.3) is 21.9 Å². The number of pyridine rings is 1. The van der Waals surface area contributed by atoms with Crippen LogP contribution < -0.4 is 4.74 Å². The molecule has 0 aliphatic rings. The molecule has 0 bridgehead atoms. The average Bonchev–Trinajstić information content (AvgIpc) is 2.92. The maximum absolute atomic E-state index is 5.99. The summed E-state index contributed by atoms with van der Waals surface area (Å²) in [5.74, 6) is 0.586. The number of aromatic nitrogens is 1. The Hall–Kier alpha value is -2.33. The van der Waals surface area contributed by atoms with Gasteiger partial charge in [-0.05, 0) is 28.1 Å². The minimum Gasteiger partial charge on any atom is -0.473 e. The Morgan fingerprint density at radius 2 is 1.73 bits per heavy atom. The summed E-state index contributed by atoms with van der Waals surface area (Å²) < 4.78 is 12.5. The van der Waals surface area contributed by atoms with Gasteiger partial charge in [0.25, 0.3) is 0 Å². The number of furan rings is 1. The number of hydrogen-bond donors (Lipinski definition) is 0. The Labute approximate surface area is 135 Å². The van der Waals surface area contributed by atoms with Crippen molar-refractivity contribution in [1.29, 1.82) is 0 Å². The molecule has 2 heterocycles. The van der Waals surface area contributed by atoms with Crippen LogP contribution in [-0.4, -0.2) is 4.98 Å². The van der Waals surface area contributed by atoms with Crippen molar-refractivity contribution < 1.29 is 9.15 Å². The van der Waals surface area contributed by atoms with Crippen LogP contribution in [0.2, 0.25) is 0 Å². The molecule has 0 amide bonds. The van der Waals surface area contributed by atoms with Gasteiger partial charge in [0, 0.05) is 22.4 Å². The number of para-hydroxylation sites is 2. The van der Waals surface area contributed by atoms with Gasteiger partial charge in [0.15, 0.2) is 0 Å². The summed E-state index contributed by atoms with van der Waals surface area (Å²) in [7, 11) is 0. The third-order valence-electron chi connectivity index (χ3n) is 3.55. The van der Waals surface area contributed by atoms with Gasteiger partial charge in [-0.3, -0.25) is 0 Å². The smallest absolute Gasteiger partial charge is 0.214 e. The fraction of sp³-hybridized carbons (Fsp3) is 0.0556. The van der Waals surface area contributed by atoms with E-state index in [0.717, 1.165) is 32.1 Å². The largest absolute Gasteiger partial charge is 0.473 e. The minimum atomic E-state index is 0.417. The predicted molar refractivity (Wildman–Crippen MR) is 90.0 cm³/mol. The zero-order chi connectivity index (χ0) is 14.9. The topological polar surface area (TPSA) is 35.3 Å². The molecule has 0 atom stereocenters. The molecule has 0 aliphatic carbocycles. The van der Waals surface area contributed by atoms with Crippen molar-refractivity contribution in [3.63, 3.8) is 0 Å². The predicted octanol–water partition coefficient (Wildman–Crippen LogP) is 5.32. The number of fused-ring (bicyclic) bond motifs is 3. The standard InChI is InChI=1S/C18H12BrNO2/c19-16-9-4-10-17(20-16)21-11-12-5-3-7-14-13-6-1-2-8-15(13)22-18(12)14/h1-10H,11H2. The highest BCUT2D eigenvalue weighted by molar-refractivity contribution is 9.10. The molecule has 0 saturated carbocycles. The van der Waals surface area contributed by atoms with Gasteiger partial charge in [0.2, 0.25) is 5.88 Å². The van der Waals surface area contributed by atoms with Crippen molar-refractivity contribution in [2.45, 2.75) is 6.61 Å². The fourth-order valence-electron chi connectivity index (χ4n) is 2.54. The van der Waals surface area contributed by atoms with E-state index in [1.165, 1.54) is 0 Å². The summed E-state index contributed by atoms with van der Waals surface area (Å²) in [4.78, 5) is 4.27. The Bertz CT molecular complexity index is 962. The van der Waals surface area contributed by atoms with Crippen LogP contribution in [0.4, 0.5) is 0 Å². The normalized spacial score (nSPS) is 11.1. The molecule has 4 aromatic rings. The first-order valence-electron chi connectivity index (χ1n) is 6.96. The van der Waals surface area contributed by atoms with E-state index in [1.54, 1.807) is 0 Å². The lowest BCUT2D eigenvalue weighted by molar-refractivity contribution is 0.293. The second-order valence-electron chi connectivity index (χ2n) is 4.98. The fourth-order valence-corrected chi connectivity index (χ4v) is 2.87. The number of halogens is 1. The second-order valence-corrected chi connectivity index (χ2v) is 5.79. The molecule has 4 rings (SSSR count). The first-order chi connectivity index (χ1) is 10.8. The quantitative estimate of drug-likeness (QED) is 0.467. The summed E-state index contributed by atoms with van der Waals surface area (Å²) >= 11 is 3.34. The first-order valence-corrected chi connectivity index (χ1v) is 7.75. The molecule has 2 aromatic carbocycles. The van der Waals surface area contributed by atoms with Crippen molar-refractivity contribution in [3.8, 4) is 5.88 Å². The van der Waals surface area contributed by atoms with Crippen molar-refractivity contribution in [3.05, 3.63) is 70.8 Å². The Balaban J connectivity index is 1.72. The molecule has 22 heavy (non-hydrogen) atoms. The zero-order valence-corrected chi connectivity index (χ0v) is 13.2. The van der Waals surface area contributed by atoms with Crippen LogP contribution >= 0.6 is 15.9 Å². The highest BCUT2D eigenvalue weighted by Gasteiger charge is 2.10. The molecular formula is C18H12BrNO2. The molecule has 0 unspecified atom stereocenters. The van der Waals surface area contributed by atoms with Gasteiger partial charge >= 0.3 is 0 Å². The lowest BCUT2D eigenvalue weighted by atomic mass is 10.1. The summed E-state index contributed by atoms with van der Waals surface area (Å²) in [6.07, 6.45) is 0. The summed E-state index contributed by atoms with van der Waals surface area (Å²) in [5, 5.41) is 2.24. The van der Waals surface area contributed by atoms with Gasteiger partial charge in [-0.1, -0.05) is 42.5 Å². The van der Waals surface area contributed by atoms with Crippen molar-refractivity contribution in [1.82, 2.24) is 4.98 Å². The van der Waals surface area contributed by atoms with Gasteiger partial charge < -0.3 is 9.15 Å². The van der Waals surface area contributed by atoms with Gasteiger partial charge in [-0.2, -0.15) is 0 Å². The molecule has 0 aliphatic heterocycles. The van der Waals surface area contributed by atoms with E-state index >= 15 is 0 Å². The highest BCUT2D eigenvalue weighted by atomic mass is 79.9. The minimum absolute atomic E-state index is 0.417. The second kappa shape index (κ2) is 5.46. The van der Waals surface area contributed by atoms with Crippen molar-refractivity contribution in [2.75, 3.05) is 0 Å². The van der Waals surface area contributed by atoms with E-state index in [9.17, 15) is 0 Å². The Morgan fingerprint density at radius 1 is 0.909 bits per heavy atom. The monoisotopic (exact) mass is 353 g/mol. The molecule has 4 heteroatoms. The summed E-state index contributed by atoms with van der Waals surface area (Å²) in [6.45, 7) is 0.417. The van der Waals surface area contributed by atoms with Crippen molar-refractivity contribution in [2.24, 2.45) is 0 Å². The molecule has 0 fully saturated rings. The van der Waals surface area contributed by atoms with Crippen LogP contribution in [0, 0.1) is 0 Å². The maximum Gasteiger partial charge on any atom is 0.214 e. The molecule has 0 spiro atoms. The van der Waals surface area contributed by atoms with Crippen LogP contribution in [0.15, 0.2) is 69.7 Å². The van der Waals surface area contributed by atoms with Gasteiger partial charge in [0.1, 0.15) is 22.4 Å². The van der Waals surface area contributed by atoms with E-state index in [1.807, 2.05) is 48.5 Å². The number of benzene rings is 2. The molecule has 2 aromatic heterocycles. The third kappa shape index (κ3) is 2.35. The van der Waals surface area contributed by atoms with Crippen LogP contribution in [0.5, 0.6) is 5.88 Å². The number of rotatable bonds is 3. The molecular weight excluding hydrogens is 342 g/mol. The van der Waals surface area contributed by atoms with Gasteiger partial charge in [-0.25, -0.2) is 4.98 Å². The maximum atomic E-state index is 5.99. The first kappa shape index (κ1) is 13.3. The van der Waals surface area contributed by atoms with Crippen LogP contribution in [0.1, 0.15) is 5.56 Å². The Kier molecular flexibility index (Phi) is 3.31. The van der Waals surface area contributed by atoms with Crippen LogP contribution in [0.3, 0.4) is 0 Å². The average molecular weight is 354 g/mol. The molecule has 3 nitrogen and oxygen atoms in total. The third-order valence-corrected chi connectivity index (χ3v) is 3.99. The van der Waals surface area contributed by atoms with E-state index in [-0.39, 0.29) is 0 Å². The van der Waals surface area contributed by atoms with Crippen LogP contribution in [-0.2, 0) is 6.61 Å².